The van der Waals surface area contributed by atoms with E-state index in [1.54, 1.807) is 43.6 Å². The molecule has 1 aromatic carbocycles. The van der Waals surface area contributed by atoms with E-state index in [-0.39, 0.29) is 5.84 Å². The fourth-order valence-electron chi connectivity index (χ4n) is 1.51. The summed E-state index contributed by atoms with van der Waals surface area (Å²) in [6, 6.07) is 10.4. The molecule has 7 heteroatoms. The first-order valence-electron chi connectivity index (χ1n) is 6.43. The Hall–Kier alpha value is -2.41. The Morgan fingerprint density at radius 1 is 1.23 bits per heavy atom. The molecule has 0 saturated carbocycles. The zero-order valence-corrected chi connectivity index (χ0v) is 13.4. The molecule has 22 heavy (non-hydrogen) atoms. The lowest BCUT2D eigenvalue weighted by Crippen LogP contribution is -2.26. The number of hydrogen-bond acceptors (Lipinski definition) is 5. The summed E-state index contributed by atoms with van der Waals surface area (Å²) < 4.78 is 6.37. The second kappa shape index (κ2) is 7.56. The highest BCUT2D eigenvalue weighted by molar-refractivity contribution is 9.10. The van der Waals surface area contributed by atoms with E-state index < -0.39 is 12.1 Å². The number of carbonyl (C=O) groups is 1. The standard InChI is InChI=1S/C15H14BrN3O3/c1-10(21-13-4-2-12(16)3-5-13)15(20)22-19-14(17)11-6-8-18-9-7-11/h2-10H,1H3,(H2,17,19)/t10-/m0/s1. The molecule has 0 unspecified atom stereocenters. The Balaban J connectivity index is 1.92. The fourth-order valence-corrected chi connectivity index (χ4v) is 1.77. The Morgan fingerprint density at radius 2 is 1.86 bits per heavy atom. The number of carbonyl (C=O) groups excluding carboxylic acids is 1. The van der Waals surface area contributed by atoms with Crippen LogP contribution in [0, 0.1) is 0 Å². The van der Waals surface area contributed by atoms with E-state index >= 15 is 0 Å². The summed E-state index contributed by atoms with van der Waals surface area (Å²) in [4.78, 5) is 20.5. The van der Waals surface area contributed by atoms with E-state index in [0.717, 1.165) is 4.47 Å². The van der Waals surface area contributed by atoms with Crippen LogP contribution in [0.15, 0.2) is 58.4 Å². The lowest BCUT2D eigenvalue weighted by Gasteiger charge is -2.11. The maximum Gasteiger partial charge on any atom is 0.374 e. The molecule has 0 amide bonds. The minimum atomic E-state index is -0.810. The van der Waals surface area contributed by atoms with Crippen molar-refractivity contribution in [1.29, 1.82) is 0 Å². The van der Waals surface area contributed by atoms with Crippen molar-refractivity contribution in [2.75, 3.05) is 0 Å². The van der Waals surface area contributed by atoms with Crippen molar-refractivity contribution in [3.8, 4) is 5.75 Å². The molecule has 0 fully saturated rings. The lowest BCUT2D eigenvalue weighted by molar-refractivity contribution is -0.151. The summed E-state index contributed by atoms with van der Waals surface area (Å²) >= 11 is 3.32. The van der Waals surface area contributed by atoms with Gasteiger partial charge in [0.05, 0.1) is 0 Å². The highest BCUT2D eigenvalue weighted by Gasteiger charge is 2.17. The number of pyridine rings is 1. The number of nitrogens with zero attached hydrogens (tertiary/aromatic N) is 2. The monoisotopic (exact) mass is 363 g/mol. The van der Waals surface area contributed by atoms with Crippen LogP contribution in [0.2, 0.25) is 0 Å². The zero-order chi connectivity index (χ0) is 15.9. The number of aromatic nitrogens is 1. The fraction of sp³-hybridized carbons (Fsp3) is 0.133. The van der Waals surface area contributed by atoms with Crippen molar-refractivity contribution < 1.29 is 14.4 Å². The van der Waals surface area contributed by atoms with E-state index in [9.17, 15) is 4.79 Å². The SMILES string of the molecule is C[C@H](Oc1ccc(Br)cc1)C(=O)O/N=C(/N)c1ccncc1. The minimum Gasteiger partial charge on any atom is -0.479 e. The van der Waals surface area contributed by atoms with Crippen LogP contribution < -0.4 is 10.5 Å². The first-order chi connectivity index (χ1) is 10.6. The first-order valence-corrected chi connectivity index (χ1v) is 7.22. The molecule has 0 aliphatic heterocycles. The molecule has 2 rings (SSSR count). The maximum absolute atomic E-state index is 11.8. The summed E-state index contributed by atoms with van der Waals surface area (Å²) in [6.07, 6.45) is 2.33. The molecule has 0 aliphatic carbocycles. The van der Waals surface area contributed by atoms with Crippen LogP contribution in [0.25, 0.3) is 0 Å². The van der Waals surface area contributed by atoms with Crippen LogP contribution in [0.4, 0.5) is 0 Å². The summed E-state index contributed by atoms with van der Waals surface area (Å²) in [6.45, 7) is 1.57. The van der Waals surface area contributed by atoms with E-state index in [0.29, 0.717) is 11.3 Å². The quantitative estimate of drug-likeness (QED) is 0.381. The van der Waals surface area contributed by atoms with Crippen LogP contribution in [-0.4, -0.2) is 22.9 Å². The summed E-state index contributed by atoms with van der Waals surface area (Å²) in [5, 5.41) is 3.60. The Morgan fingerprint density at radius 3 is 2.50 bits per heavy atom. The van der Waals surface area contributed by atoms with E-state index in [1.165, 1.54) is 0 Å². The van der Waals surface area contributed by atoms with Crippen molar-refractivity contribution >= 4 is 27.7 Å². The molecular weight excluding hydrogens is 350 g/mol. The van der Waals surface area contributed by atoms with Crippen LogP contribution in [0.3, 0.4) is 0 Å². The van der Waals surface area contributed by atoms with Gasteiger partial charge in [0, 0.05) is 22.4 Å². The van der Waals surface area contributed by atoms with Gasteiger partial charge in [0.25, 0.3) is 0 Å². The van der Waals surface area contributed by atoms with Crippen molar-refractivity contribution in [2.24, 2.45) is 10.9 Å². The predicted molar refractivity (Wildman–Crippen MR) is 85.3 cm³/mol. The number of halogens is 1. The van der Waals surface area contributed by atoms with Gasteiger partial charge in [-0.25, -0.2) is 4.79 Å². The van der Waals surface area contributed by atoms with Crippen molar-refractivity contribution in [3.63, 3.8) is 0 Å². The van der Waals surface area contributed by atoms with Gasteiger partial charge in [0.2, 0.25) is 0 Å². The van der Waals surface area contributed by atoms with Gasteiger partial charge in [-0.3, -0.25) is 4.98 Å². The number of benzene rings is 1. The molecule has 1 heterocycles. The second-order valence-electron chi connectivity index (χ2n) is 4.34. The van der Waals surface area contributed by atoms with E-state index in [2.05, 4.69) is 26.1 Å². The third-order valence-electron chi connectivity index (χ3n) is 2.67. The number of rotatable bonds is 5. The highest BCUT2D eigenvalue weighted by Crippen LogP contribution is 2.17. The third-order valence-corrected chi connectivity index (χ3v) is 3.20. The number of oxime groups is 1. The molecule has 2 aromatic rings. The molecule has 2 N–H and O–H groups in total. The predicted octanol–water partition coefficient (Wildman–Crippen LogP) is 2.48. The number of hydrogen-bond donors (Lipinski definition) is 1. The zero-order valence-electron chi connectivity index (χ0n) is 11.8. The van der Waals surface area contributed by atoms with Crippen LogP contribution in [0.1, 0.15) is 12.5 Å². The van der Waals surface area contributed by atoms with Crippen molar-refractivity contribution in [2.45, 2.75) is 13.0 Å². The Labute approximate surface area is 136 Å². The van der Waals surface area contributed by atoms with Gasteiger partial charge in [-0.05, 0) is 43.3 Å². The number of ether oxygens (including phenoxy) is 1. The second-order valence-corrected chi connectivity index (χ2v) is 5.25. The molecule has 0 radical (unpaired) electrons. The molecule has 0 aliphatic rings. The highest BCUT2D eigenvalue weighted by atomic mass is 79.9. The van der Waals surface area contributed by atoms with Gasteiger partial charge >= 0.3 is 5.97 Å². The summed E-state index contributed by atoms with van der Waals surface area (Å²) in [5.41, 5.74) is 6.33. The van der Waals surface area contributed by atoms with E-state index in [4.69, 9.17) is 15.3 Å². The average Bonchev–Trinajstić information content (AvgIpc) is 2.55. The van der Waals surface area contributed by atoms with Gasteiger partial charge < -0.3 is 15.3 Å². The maximum atomic E-state index is 11.8. The van der Waals surface area contributed by atoms with Crippen molar-refractivity contribution in [1.82, 2.24) is 4.98 Å². The lowest BCUT2D eigenvalue weighted by atomic mass is 10.2. The molecule has 1 atom stereocenters. The van der Waals surface area contributed by atoms with Crippen LogP contribution >= 0.6 is 15.9 Å². The normalized spacial score (nSPS) is 12.5. The number of amidine groups is 1. The van der Waals surface area contributed by atoms with Gasteiger partial charge in [-0.1, -0.05) is 21.1 Å². The Bertz CT molecular complexity index is 659. The van der Waals surface area contributed by atoms with Crippen LogP contribution in [0.5, 0.6) is 5.75 Å². The molecular formula is C15H14BrN3O3. The minimum absolute atomic E-state index is 0.0894. The van der Waals surface area contributed by atoms with Gasteiger partial charge in [-0.15, -0.1) is 0 Å². The molecule has 0 spiro atoms. The largest absolute Gasteiger partial charge is 0.479 e. The third kappa shape index (κ3) is 4.56. The van der Waals surface area contributed by atoms with E-state index in [1.807, 2.05) is 12.1 Å². The molecule has 6 nitrogen and oxygen atoms in total. The molecule has 114 valence electrons. The number of nitrogens with two attached hydrogens (primary N) is 1. The molecule has 0 bridgehead atoms. The summed E-state index contributed by atoms with van der Waals surface area (Å²) in [7, 11) is 0. The topological polar surface area (TPSA) is 86.8 Å². The summed E-state index contributed by atoms with van der Waals surface area (Å²) in [5.74, 6) is 0.00486. The van der Waals surface area contributed by atoms with Gasteiger partial charge in [0.15, 0.2) is 11.9 Å². The molecule has 0 saturated heterocycles. The average molecular weight is 364 g/mol. The molecule has 1 aromatic heterocycles. The smallest absolute Gasteiger partial charge is 0.374 e. The van der Waals surface area contributed by atoms with Crippen molar-refractivity contribution in [3.05, 3.63) is 58.8 Å². The van der Waals surface area contributed by atoms with Gasteiger partial charge in [-0.2, -0.15) is 0 Å². The Kier molecular flexibility index (Phi) is 5.48. The van der Waals surface area contributed by atoms with Crippen LogP contribution in [-0.2, 0) is 9.63 Å². The van der Waals surface area contributed by atoms with Gasteiger partial charge in [0.1, 0.15) is 5.75 Å². The first kappa shape index (κ1) is 16.0.